The van der Waals surface area contributed by atoms with E-state index < -0.39 is 8.15 Å². The standard InChI is InChI=1S/C19H28N5OP/c1-6-10-19(7-2,8-3)16(9-11-20)25-26(17-21-12-14(4)23-17)18-22-13-15(5)24-18/h6,12-13,16H,1,7-10H2,2-5H3,(H,21,23)(H,22,24). The van der Waals surface area contributed by atoms with E-state index in [1.54, 1.807) is 0 Å². The van der Waals surface area contributed by atoms with E-state index in [1.165, 1.54) is 0 Å². The first-order chi connectivity index (χ1) is 12.5. The van der Waals surface area contributed by atoms with Crippen LogP contribution in [0, 0.1) is 30.6 Å². The van der Waals surface area contributed by atoms with Crippen LogP contribution in [0.25, 0.3) is 0 Å². The summed E-state index contributed by atoms with van der Waals surface area (Å²) in [5.41, 5.74) is 3.20. The summed E-state index contributed by atoms with van der Waals surface area (Å²) in [6.07, 6.45) is 8.40. The SMILES string of the molecule is C=CCC(CC)(CC)C(CC#N)OP(c1nc(C)c[nH]1)c1nc(C)c[nH]1. The summed E-state index contributed by atoms with van der Waals surface area (Å²) in [5, 5.41) is 9.43. The minimum atomic E-state index is -1.27. The summed E-state index contributed by atoms with van der Waals surface area (Å²) in [4.78, 5) is 15.6. The molecule has 0 saturated heterocycles. The molecule has 1 unspecified atom stereocenters. The molecule has 26 heavy (non-hydrogen) atoms. The highest BCUT2D eigenvalue weighted by Gasteiger charge is 2.39. The van der Waals surface area contributed by atoms with E-state index in [9.17, 15) is 5.26 Å². The third-order valence-electron chi connectivity index (χ3n) is 4.92. The fourth-order valence-electron chi connectivity index (χ4n) is 3.20. The highest BCUT2D eigenvalue weighted by molar-refractivity contribution is 7.67. The van der Waals surface area contributed by atoms with Crippen molar-refractivity contribution in [2.45, 2.75) is 59.5 Å². The number of imidazole rings is 2. The molecule has 0 amide bonds. The van der Waals surface area contributed by atoms with Gasteiger partial charge in [-0.25, -0.2) is 9.97 Å². The molecule has 2 heterocycles. The second kappa shape index (κ2) is 9.12. The fraction of sp³-hybridized carbons (Fsp3) is 0.526. The average molecular weight is 373 g/mol. The molecule has 0 fully saturated rings. The Kier molecular flexibility index (Phi) is 7.14. The van der Waals surface area contributed by atoms with Gasteiger partial charge in [-0.05, 0) is 33.1 Å². The van der Waals surface area contributed by atoms with Crippen LogP contribution in [0.2, 0.25) is 0 Å². The van der Waals surface area contributed by atoms with Gasteiger partial charge in [-0.2, -0.15) is 5.26 Å². The summed E-state index contributed by atoms with van der Waals surface area (Å²) in [6, 6.07) is 2.31. The maximum Gasteiger partial charge on any atom is 0.167 e. The van der Waals surface area contributed by atoms with Crippen LogP contribution < -0.4 is 11.1 Å². The molecule has 2 N–H and O–H groups in total. The molecular weight excluding hydrogens is 345 g/mol. The average Bonchev–Trinajstić information content (AvgIpc) is 3.25. The van der Waals surface area contributed by atoms with Gasteiger partial charge >= 0.3 is 0 Å². The largest absolute Gasteiger partial charge is 0.342 e. The highest BCUT2D eigenvalue weighted by Crippen LogP contribution is 2.45. The van der Waals surface area contributed by atoms with E-state index in [0.717, 1.165) is 41.8 Å². The van der Waals surface area contributed by atoms with Crippen molar-refractivity contribution in [1.82, 2.24) is 19.9 Å². The molecule has 0 aliphatic heterocycles. The summed E-state index contributed by atoms with van der Waals surface area (Å²) in [7, 11) is -1.27. The van der Waals surface area contributed by atoms with Crippen LogP contribution in [0.5, 0.6) is 0 Å². The number of nitriles is 1. The number of nitrogens with zero attached hydrogens (tertiary/aromatic N) is 3. The van der Waals surface area contributed by atoms with E-state index >= 15 is 0 Å². The molecule has 0 bridgehead atoms. The lowest BCUT2D eigenvalue weighted by molar-refractivity contribution is 0.0547. The Morgan fingerprint density at radius 3 is 2.12 bits per heavy atom. The Morgan fingerprint density at radius 2 is 1.77 bits per heavy atom. The van der Waals surface area contributed by atoms with Gasteiger partial charge in [0, 0.05) is 17.8 Å². The zero-order valence-corrected chi connectivity index (χ0v) is 16.9. The monoisotopic (exact) mass is 373 g/mol. The normalized spacial score (nSPS) is 12.9. The van der Waals surface area contributed by atoms with Gasteiger partial charge in [0.1, 0.15) is 0 Å². The van der Waals surface area contributed by atoms with Crippen LogP contribution >= 0.6 is 8.15 Å². The van der Waals surface area contributed by atoms with Crippen LogP contribution in [-0.2, 0) is 4.52 Å². The first-order valence-electron chi connectivity index (χ1n) is 8.98. The van der Waals surface area contributed by atoms with Crippen LogP contribution in [0.15, 0.2) is 25.0 Å². The predicted octanol–water partition coefficient (Wildman–Crippen LogP) is 3.78. The molecule has 0 aliphatic rings. The summed E-state index contributed by atoms with van der Waals surface area (Å²) >= 11 is 0. The third-order valence-corrected chi connectivity index (χ3v) is 6.61. The lowest BCUT2D eigenvalue weighted by atomic mass is 9.73. The van der Waals surface area contributed by atoms with Crippen molar-refractivity contribution in [1.29, 1.82) is 5.26 Å². The van der Waals surface area contributed by atoms with Crippen LogP contribution in [0.4, 0.5) is 0 Å². The number of nitrogens with one attached hydrogen (secondary N) is 2. The van der Waals surface area contributed by atoms with Crippen molar-refractivity contribution in [2.24, 2.45) is 5.41 Å². The Balaban J connectivity index is 2.42. The first-order valence-corrected chi connectivity index (χ1v) is 10.2. The molecule has 2 aromatic heterocycles. The van der Waals surface area contributed by atoms with Crippen molar-refractivity contribution in [2.75, 3.05) is 0 Å². The number of rotatable bonds is 10. The van der Waals surface area contributed by atoms with Crippen molar-refractivity contribution >= 4 is 19.3 Å². The lowest BCUT2D eigenvalue weighted by Gasteiger charge is -2.39. The molecule has 6 nitrogen and oxygen atoms in total. The van der Waals surface area contributed by atoms with Crippen LogP contribution in [-0.4, -0.2) is 26.0 Å². The number of allylic oxidation sites excluding steroid dienone is 1. The highest BCUT2D eigenvalue weighted by atomic mass is 31.1. The molecule has 7 heteroatoms. The molecule has 0 spiro atoms. The Morgan fingerprint density at radius 1 is 1.23 bits per heavy atom. The van der Waals surface area contributed by atoms with Gasteiger partial charge in [0.15, 0.2) is 19.3 Å². The maximum absolute atomic E-state index is 9.43. The van der Waals surface area contributed by atoms with Gasteiger partial charge in [-0.3, -0.25) is 0 Å². The number of aryl methyl sites for hydroxylation is 2. The van der Waals surface area contributed by atoms with Crippen molar-refractivity contribution in [3.63, 3.8) is 0 Å². The number of hydrogen-bond donors (Lipinski definition) is 2. The molecule has 0 aliphatic carbocycles. The number of aromatic nitrogens is 4. The topological polar surface area (TPSA) is 90.4 Å². The van der Waals surface area contributed by atoms with E-state index in [1.807, 2.05) is 32.3 Å². The predicted molar refractivity (Wildman–Crippen MR) is 106 cm³/mol. The van der Waals surface area contributed by atoms with E-state index in [0.29, 0.717) is 6.42 Å². The second-order valence-corrected chi connectivity index (χ2v) is 8.19. The van der Waals surface area contributed by atoms with Gasteiger partial charge < -0.3 is 14.5 Å². The molecule has 140 valence electrons. The molecular formula is C19H28N5OP. The Hall–Kier alpha value is -1.96. The molecule has 1 atom stereocenters. The molecule has 2 rings (SSSR count). The summed E-state index contributed by atoms with van der Waals surface area (Å²) < 4.78 is 6.60. The minimum absolute atomic E-state index is 0.124. The number of hydrogen-bond acceptors (Lipinski definition) is 4. The molecule has 0 saturated carbocycles. The zero-order valence-electron chi connectivity index (χ0n) is 16.0. The smallest absolute Gasteiger partial charge is 0.167 e. The second-order valence-electron chi connectivity index (χ2n) is 6.54. The van der Waals surface area contributed by atoms with Gasteiger partial charge in [0.05, 0.1) is 30.0 Å². The third kappa shape index (κ3) is 4.41. The minimum Gasteiger partial charge on any atom is -0.342 e. The van der Waals surface area contributed by atoms with Crippen LogP contribution in [0.1, 0.15) is 50.9 Å². The van der Waals surface area contributed by atoms with Gasteiger partial charge in [0.2, 0.25) is 0 Å². The first kappa shape index (κ1) is 20.4. The van der Waals surface area contributed by atoms with E-state index in [-0.39, 0.29) is 11.5 Å². The van der Waals surface area contributed by atoms with Crippen molar-refractivity contribution in [3.05, 3.63) is 36.4 Å². The Bertz CT molecular complexity index is 716. The lowest BCUT2D eigenvalue weighted by Crippen LogP contribution is -2.37. The zero-order chi connectivity index (χ0) is 19.2. The molecule has 0 radical (unpaired) electrons. The fourth-order valence-corrected chi connectivity index (χ4v) is 5.01. The van der Waals surface area contributed by atoms with Crippen LogP contribution in [0.3, 0.4) is 0 Å². The number of H-pyrrole nitrogens is 2. The number of aromatic amines is 2. The molecule has 2 aromatic rings. The quantitative estimate of drug-likeness (QED) is 0.490. The van der Waals surface area contributed by atoms with Gasteiger partial charge in [-0.15, -0.1) is 6.58 Å². The summed E-state index contributed by atoms with van der Waals surface area (Å²) in [6.45, 7) is 12.1. The van der Waals surface area contributed by atoms with Crippen molar-refractivity contribution < 1.29 is 4.52 Å². The molecule has 0 aromatic carbocycles. The van der Waals surface area contributed by atoms with Gasteiger partial charge in [-0.1, -0.05) is 19.9 Å². The van der Waals surface area contributed by atoms with E-state index in [2.05, 4.69) is 46.4 Å². The summed E-state index contributed by atoms with van der Waals surface area (Å²) in [5.74, 6) is 0. The maximum atomic E-state index is 9.43. The van der Waals surface area contributed by atoms with E-state index in [4.69, 9.17) is 4.52 Å². The van der Waals surface area contributed by atoms with Gasteiger partial charge in [0.25, 0.3) is 0 Å². The van der Waals surface area contributed by atoms with Crippen molar-refractivity contribution in [3.8, 4) is 6.07 Å². The Labute approximate surface area is 156 Å².